The second kappa shape index (κ2) is 6.75. The minimum atomic E-state index is -0.659. The first-order valence-electron chi connectivity index (χ1n) is 7.45. The molecule has 1 aliphatic rings. The van der Waals surface area contributed by atoms with Gasteiger partial charge in [-0.25, -0.2) is 10.0 Å². The van der Waals surface area contributed by atoms with Crippen LogP contribution in [0, 0.1) is 0 Å². The largest absolute Gasteiger partial charge is 0.294 e. The number of hydrogen-bond acceptors (Lipinski definition) is 7. The molecule has 24 heavy (non-hydrogen) atoms. The van der Waals surface area contributed by atoms with Crippen LogP contribution in [0.15, 0.2) is 35.3 Å². The Morgan fingerprint density at radius 1 is 1.33 bits per heavy atom. The fraction of sp³-hybridized carbons (Fsp3) is 0.267. The fourth-order valence-electron chi connectivity index (χ4n) is 2.11. The lowest BCUT2D eigenvalue weighted by molar-refractivity contribution is -0.120. The Kier molecular flexibility index (Phi) is 4.52. The number of nitrogens with one attached hydrogen (secondary N) is 2. The molecule has 0 saturated heterocycles. The summed E-state index contributed by atoms with van der Waals surface area (Å²) in [5.74, 6) is -0.643. The molecule has 124 valence electrons. The number of amidine groups is 1. The quantitative estimate of drug-likeness (QED) is 0.873. The van der Waals surface area contributed by atoms with Gasteiger partial charge in [-0.2, -0.15) is 0 Å². The van der Waals surface area contributed by atoms with Gasteiger partial charge in [-0.05, 0) is 25.5 Å². The van der Waals surface area contributed by atoms with Gasteiger partial charge in [0.25, 0.3) is 11.8 Å². The molecule has 1 unspecified atom stereocenters. The highest BCUT2D eigenvalue weighted by Gasteiger charge is 2.30. The molecule has 2 N–H and O–H groups in total. The number of para-hydroxylation sites is 1. The molecular formula is C15H16N6O2S. The standard InChI is InChI=1S/C15H16N6O2S/c1-3-11-18-19-15(24-11)17-13(22)12-16-9(2)14(23)21(20-12)10-7-5-4-6-8-10/h4-9H,3H2,1-2H3,(H,16,20)(H,17,19,22). The zero-order valence-corrected chi connectivity index (χ0v) is 14.0. The number of carbonyl (C=O) groups is 2. The SMILES string of the molecule is CCc1nnc(NC(=O)C2=NC(C)C(=O)N(c3ccccc3)N2)s1. The van der Waals surface area contributed by atoms with Gasteiger partial charge >= 0.3 is 0 Å². The van der Waals surface area contributed by atoms with Crippen LogP contribution in [-0.4, -0.2) is 33.9 Å². The van der Waals surface area contributed by atoms with Gasteiger partial charge in [0.05, 0.1) is 5.69 Å². The molecule has 0 spiro atoms. The van der Waals surface area contributed by atoms with Crippen molar-refractivity contribution in [1.82, 2.24) is 15.6 Å². The summed E-state index contributed by atoms with van der Waals surface area (Å²) in [4.78, 5) is 28.8. The van der Waals surface area contributed by atoms with Crippen molar-refractivity contribution in [2.75, 3.05) is 10.3 Å². The minimum absolute atomic E-state index is 0.0548. The van der Waals surface area contributed by atoms with Crippen LogP contribution >= 0.6 is 11.3 Å². The highest BCUT2D eigenvalue weighted by atomic mass is 32.1. The molecule has 2 aromatic rings. The second-order valence-electron chi connectivity index (χ2n) is 5.08. The first-order valence-corrected chi connectivity index (χ1v) is 8.27. The van der Waals surface area contributed by atoms with E-state index >= 15 is 0 Å². The number of carbonyl (C=O) groups excluding carboxylic acids is 2. The molecule has 0 saturated carbocycles. The van der Waals surface area contributed by atoms with Gasteiger partial charge in [0.15, 0.2) is 0 Å². The molecule has 0 aliphatic carbocycles. The monoisotopic (exact) mass is 344 g/mol. The average molecular weight is 344 g/mol. The van der Waals surface area contributed by atoms with E-state index in [4.69, 9.17) is 0 Å². The van der Waals surface area contributed by atoms with Gasteiger partial charge in [-0.1, -0.05) is 36.5 Å². The summed E-state index contributed by atoms with van der Waals surface area (Å²) >= 11 is 1.31. The fourth-order valence-corrected chi connectivity index (χ4v) is 2.78. The molecule has 1 atom stereocenters. The summed E-state index contributed by atoms with van der Waals surface area (Å²) in [6.07, 6.45) is 0.750. The minimum Gasteiger partial charge on any atom is -0.294 e. The Labute approximate surface area is 142 Å². The van der Waals surface area contributed by atoms with Crippen molar-refractivity contribution in [2.45, 2.75) is 26.3 Å². The number of hydrogen-bond donors (Lipinski definition) is 2. The molecule has 1 aliphatic heterocycles. The number of nitrogens with zero attached hydrogens (tertiary/aromatic N) is 4. The highest BCUT2D eigenvalue weighted by Crippen LogP contribution is 2.18. The smallest absolute Gasteiger partial charge is 0.294 e. The summed E-state index contributed by atoms with van der Waals surface area (Å²) in [6, 6.07) is 8.37. The molecule has 2 amide bonds. The van der Waals surface area contributed by atoms with Crippen LogP contribution < -0.4 is 15.8 Å². The topological polar surface area (TPSA) is 99.6 Å². The first-order chi connectivity index (χ1) is 11.6. The summed E-state index contributed by atoms with van der Waals surface area (Å²) in [5.41, 5.74) is 3.41. The maximum absolute atomic E-state index is 12.4. The predicted molar refractivity (Wildman–Crippen MR) is 91.9 cm³/mol. The van der Waals surface area contributed by atoms with Crippen molar-refractivity contribution < 1.29 is 9.59 Å². The van der Waals surface area contributed by atoms with E-state index < -0.39 is 11.9 Å². The van der Waals surface area contributed by atoms with Gasteiger partial charge in [0, 0.05) is 0 Å². The van der Waals surface area contributed by atoms with E-state index in [0.717, 1.165) is 11.4 Å². The van der Waals surface area contributed by atoms with Crippen molar-refractivity contribution in [3.05, 3.63) is 35.3 Å². The van der Waals surface area contributed by atoms with Gasteiger partial charge in [-0.3, -0.25) is 20.3 Å². The predicted octanol–water partition coefficient (Wildman–Crippen LogP) is 1.38. The molecule has 8 nitrogen and oxygen atoms in total. The number of hydrazine groups is 1. The Hall–Kier alpha value is -2.81. The molecule has 3 rings (SSSR count). The Morgan fingerprint density at radius 2 is 2.08 bits per heavy atom. The number of rotatable bonds is 4. The second-order valence-corrected chi connectivity index (χ2v) is 6.15. The summed E-state index contributed by atoms with van der Waals surface area (Å²) in [7, 11) is 0. The van der Waals surface area contributed by atoms with Gasteiger partial charge in [0.2, 0.25) is 11.0 Å². The van der Waals surface area contributed by atoms with E-state index in [2.05, 4.69) is 25.9 Å². The van der Waals surface area contributed by atoms with Crippen LogP contribution in [0.3, 0.4) is 0 Å². The maximum Gasteiger partial charge on any atom is 0.294 e. The van der Waals surface area contributed by atoms with Gasteiger partial charge < -0.3 is 0 Å². The van der Waals surface area contributed by atoms with Crippen molar-refractivity contribution in [3.8, 4) is 0 Å². The lowest BCUT2D eigenvalue weighted by Gasteiger charge is -2.30. The lowest BCUT2D eigenvalue weighted by atomic mass is 10.2. The van der Waals surface area contributed by atoms with Crippen LogP contribution in [-0.2, 0) is 16.0 Å². The van der Waals surface area contributed by atoms with E-state index in [-0.39, 0.29) is 11.7 Å². The van der Waals surface area contributed by atoms with Crippen molar-refractivity contribution in [3.63, 3.8) is 0 Å². The molecule has 0 radical (unpaired) electrons. The Morgan fingerprint density at radius 3 is 2.75 bits per heavy atom. The third kappa shape index (κ3) is 3.25. The number of amides is 2. The molecule has 1 aromatic heterocycles. The average Bonchev–Trinajstić information content (AvgIpc) is 3.05. The van der Waals surface area contributed by atoms with E-state index in [1.54, 1.807) is 19.1 Å². The molecular weight excluding hydrogens is 328 g/mol. The Balaban J connectivity index is 1.78. The van der Waals surface area contributed by atoms with Gasteiger partial charge in [-0.15, -0.1) is 10.2 Å². The first kappa shape index (κ1) is 16.1. The van der Waals surface area contributed by atoms with Gasteiger partial charge in [0.1, 0.15) is 11.0 Å². The summed E-state index contributed by atoms with van der Waals surface area (Å²) in [6.45, 7) is 3.61. The number of aromatic nitrogens is 2. The molecule has 1 aromatic carbocycles. The molecule has 2 heterocycles. The summed E-state index contributed by atoms with van der Waals surface area (Å²) < 4.78 is 0. The number of aryl methyl sites for hydroxylation is 1. The van der Waals surface area contributed by atoms with Crippen LogP contribution in [0.5, 0.6) is 0 Å². The summed E-state index contributed by atoms with van der Waals surface area (Å²) in [5, 5.41) is 13.1. The van der Waals surface area contributed by atoms with Crippen LogP contribution in [0.1, 0.15) is 18.9 Å². The van der Waals surface area contributed by atoms with Crippen molar-refractivity contribution >= 4 is 39.8 Å². The maximum atomic E-state index is 12.4. The van der Waals surface area contributed by atoms with Crippen molar-refractivity contribution in [2.24, 2.45) is 4.99 Å². The van der Waals surface area contributed by atoms with E-state index in [1.165, 1.54) is 16.3 Å². The molecule has 9 heteroatoms. The van der Waals surface area contributed by atoms with E-state index in [0.29, 0.717) is 10.8 Å². The van der Waals surface area contributed by atoms with Crippen LogP contribution in [0.4, 0.5) is 10.8 Å². The zero-order chi connectivity index (χ0) is 17.1. The van der Waals surface area contributed by atoms with Crippen molar-refractivity contribution in [1.29, 1.82) is 0 Å². The normalized spacial score (nSPS) is 17.2. The lowest BCUT2D eigenvalue weighted by Crippen LogP contribution is -2.57. The number of anilines is 2. The van der Waals surface area contributed by atoms with E-state index in [1.807, 2.05) is 25.1 Å². The van der Waals surface area contributed by atoms with Crippen LogP contribution in [0.25, 0.3) is 0 Å². The third-order valence-corrected chi connectivity index (χ3v) is 4.32. The number of aliphatic imine (C=N–C) groups is 1. The third-order valence-electron chi connectivity index (χ3n) is 3.34. The molecule has 0 bridgehead atoms. The molecule has 0 fully saturated rings. The van der Waals surface area contributed by atoms with E-state index in [9.17, 15) is 9.59 Å². The number of benzene rings is 1. The zero-order valence-electron chi connectivity index (χ0n) is 13.2. The van der Waals surface area contributed by atoms with Crippen LogP contribution in [0.2, 0.25) is 0 Å². The highest BCUT2D eigenvalue weighted by molar-refractivity contribution is 7.15. The Bertz CT molecular complexity index is 788.